The minimum atomic E-state index is -0.0465. The van der Waals surface area contributed by atoms with Crippen LogP contribution in [-0.2, 0) is 0 Å². The van der Waals surface area contributed by atoms with Gasteiger partial charge in [0.15, 0.2) is 13.1 Å². The van der Waals surface area contributed by atoms with Crippen molar-refractivity contribution in [3.8, 4) is 22.5 Å². The minimum Gasteiger partial charge on any atom is -0.456 e. The third-order valence-electron chi connectivity index (χ3n) is 8.71. The molecular formula is C34H43N6O2+. The van der Waals surface area contributed by atoms with Gasteiger partial charge in [0.2, 0.25) is 5.36 Å². The first-order valence-electron chi connectivity index (χ1n) is 15.1. The second-order valence-electron chi connectivity index (χ2n) is 12.1. The van der Waals surface area contributed by atoms with Gasteiger partial charge in [-0.15, -0.1) is 0 Å². The van der Waals surface area contributed by atoms with E-state index in [2.05, 4.69) is 92.1 Å². The molecule has 1 aliphatic carbocycles. The Balaban J connectivity index is 1.43. The molecule has 0 aromatic heterocycles. The van der Waals surface area contributed by atoms with Crippen LogP contribution in [0.5, 0.6) is 0 Å². The maximum atomic E-state index is 12.8. The van der Waals surface area contributed by atoms with Crippen molar-refractivity contribution in [2.24, 2.45) is 0 Å². The summed E-state index contributed by atoms with van der Waals surface area (Å²) < 4.78 is 9.14. The number of hydrogen-bond donors (Lipinski definition) is 1. The molecule has 2 fully saturated rings. The first-order chi connectivity index (χ1) is 20.4. The predicted octanol–water partition coefficient (Wildman–Crippen LogP) is 2.97. The van der Waals surface area contributed by atoms with Crippen molar-refractivity contribution >= 4 is 22.6 Å². The summed E-state index contributed by atoms with van der Waals surface area (Å²) in [7, 11) is 8.37. The number of fused-ring (bicyclic) bond motifs is 2. The van der Waals surface area contributed by atoms with Gasteiger partial charge in [0.05, 0.1) is 19.2 Å². The quantitative estimate of drug-likeness (QED) is 0.286. The number of carbonyl (C=O) groups excluding carboxylic acids is 1. The van der Waals surface area contributed by atoms with E-state index in [1.807, 2.05) is 26.2 Å². The molecule has 0 bridgehead atoms. The summed E-state index contributed by atoms with van der Waals surface area (Å²) in [6, 6.07) is 21.3. The van der Waals surface area contributed by atoms with Gasteiger partial charge >= 0.3 is 0 Å². The summed E-state index contributed by atoms with van der Waals surface area (Å²) >= 11 is 0. The topological polar surface area (TPSA) is 58.2 Å². The van der Waals surface area contributed by atoms with Crippen LogP contribution in [0.2, 0.25) is 0 Å². The third kappa shape index (κ3) is 6.07. The SMILES string of the molecule is CN(C)CCNC(=O)c1ccc(-c2c3ccc(=[N+]4CCN(C)CC4)cc-3oc3cc(N4CCN(C)CC4)ccc23)cc1. The van der Waals surface area contributed by atoms with Crippen molar-refractivity contribution in [1.82, 2.24) is 24.6 Å². The molecule has 8 heteroatoms. The zero-order valence-electron chi connectivity index (χ0n) is 25.4. The van der Waals surface area contributed by atoms with Gasteiger partial charge in [0, 0.05) is 79.2 Å². The Morgan fingerprint density at radius 1 is 0.881 bits per heavy atom. The maximum absolute atomic E-state index is 12.8. The fourth-order valence-electron chi connectivity index (χ4n) is 5.98. The smallest absolute Gasteiger partial charge is 0.251 e. The van der Waals surface area contributed by atoms with E-state index in [0.29, 0.717) is 12.1 Å². The number of nitrogens with zero attached hydrogens (tertiary/aromatic N) is 5. The molecule has 3 aliphatic heterocycles. The Morgan fingerprint density at radius 3 is 2.31 bits per heavy atom. The standard InChI is InChI=1S/C34H42N6O2/c1-36(2)14-13-35-34(41)26-7-5-25(6-8-26)33-29-11-9-27(39-19-15-37(3)16-20-39)23-31(29)42-32-24-28(10-12-30(32)33)40-21-17-38(4)18-22-40/h5-12,23-24H,13-22H2,1-4H3/p+1. The average molecular weight is 568 g/mol. The van der Waals surface area contributed by atoms with E-state index in [1.165, 1.54) is 11.0 Å². The van der Waals surface area contributed by atoms with Gasteiger partial charge in [0.1, 0.15) is 11.3 Å². The highest BCUT2D eigenvalue weighted by molar-refractivity contribution is 6.03. The number of amides is 1. The van der Waals surface area contributed by atoms with Crippen LogP contribution in [-0.4, -0.2) is 114 Å². The monoisotopic (exact) mass is 567 g/mol. The third-order valence-corrected chi connectivity index (χ3v) is 8.71. The number of piperazine rings is 2. The summed E-state index contributed by atoms with van der Waals surface area (Å²) in [5.74, 6) is 0.838. The Kier molecular flexibility index (Phi) is 8.29. The van der Waals surface area contributed by atoms with Gasteiger partial charge in [-0.25, -0.2) is 4.58 Å². The molecule has 2 saturated heterocycles. The average Bonchev–Trinajstić information content (AvgIpc) is 3.00. The second-order valence-corrected chi connectivity index (χ2v) is 12.1. The molecule has 3 heterocycles. The molecule has 8 nitrogen and oxygen atoms in total. The molecule has 1 N–H and O–H groups in total. The van der Waals surface area contributed by atoms with Gasteiger partial charge in [-0.1, -0.05) is 12.1 Å². The molecule has 0 atom stereocenters. The molecule has 0 saturated carbocycles. The molecule has 2 aromatic carbocycles. The number of rotatable bonds is 6. The molecule has 1 amide bonds. The van der Waals surface area contributed by atoms with Crippen LogP contribution < -0.4 is 20.1 Å². The number of hydrogen-bond acceptors (Lipinski definition) is 6. The van der Waals surface area contributed by atoms with Gasteiger partial charge < -0.3 is 24.4 Å². The first kappa shape index (κ1) is 28.4. The summed E-state index contributed by atoms with van der Waals surface area (Å²) in [5, 5.41) is 5.30. The highest BCUT2D eigenvalue weighted by Gasteiger charge is 2.22. The lowest BCUT2D eigenvalue weighted by molar-refractivity contribution is 0.0951. The zero-order valence-corrected chi connectivity index (χ0v) is 25.4. The van der Waals surface area contributed by atoms with E-state index in [0.717, 1.165) is 92.3 Å². The van der Waals surface area contributed by atoms with Crippen LogP contribution in [0.15, 0.2) is 65.1 Å². The van der Waals surface area contributed by atoms with Gasteiger partial charge in [-0.3, -0.25) is 9.69 Å². The Labute approximate surface area is 248 Å². The lowest BCUT2D eigenvalue weighted by Gasteiger charge is -2.34. The molecule has 4 aliphatic rings. The molecule has 0 spiro atoms. The number of anilines is 1. The van der Waals surface area contributed by atoms with E-state index in [-0.39, 0.29) is 5.91 Å². The molecule has 42 heavy (non-hydrogen) atoms. The predicted molar refractivity (Wildman–Crippen MR) is 171 cm³/mol. The summed E-state index contributed by atoms with van der Waals surface area (Å²) in [6.45, 7) is 9.69. The normalized spacial score (nSPS) is 17.0. The van der Waals surface area contributed by atoms with Gasteiger partial charge in [-0.2, -0.15) is 0 Å². The van der Waals surface area contributed by atoms with E-state index >= 15 is 0 Å². The van der Waals surface area contributed by atoms with Crippen molar-refractivity contribution in [3.05, 3.63) is 71.6 Å². The van der Waals surface area contributed by atoms with E-state index < -0.39 is 0 Å². The van der Waals surface area contributed by atoms with Crippen molar-refractivity contribution in [3.63, 3.8) is 0 Å². The second kappa shape index (κ2) is 12.3. The van der Waals surface area contributed by atoms with Gasteiger partial charge in [-0.05, 0) is 64.1 Å². The summed E-state index contributed by atoms with van der Waals surface area (Å²) in [5.41, 5.74) is 6.04. The van der Waals surface area contributed by atoms with Crippen molar-refractivity contribution in [2.45, 2.75) is 0 Å². The number of carbonyl (C=O) groups is 1. The number of benzene rings is 3. The van der Waals surface area contributed by atoms with Crippen LogP contribution in [0.25, 0.3) is 33.4 Å². The first-order valence-corrected chi connectivity index (χ1v) is 15.1. The Morgan fingerprint density at radius 2 is 1.60 bits per heavy atom. The highest BCUT2D eigenvalue weighted by atomic mass is 16.3. The number of nitrogens with one attached hydrogen (secondary N) is 1. The molecule has 6 rings (SSSR count). The van der Waals surface area contributed by atoms with E-state index in [1.54, 1.807) is 0 Å². The molecule has 0 unspecified atom stereocenters. The Bertz CT molecular complexity index is 1590. The van der Waals surface area contributed by atoms with Crippen molar-refractivity contribution < 1.29 is 9.21 Å². The fourth-order valence-corrected chi connectivity index (χ4v) is 5.98. The number of likely N-dealkylation sites (N-methyl/N-ethyl adjacent to an activating group) is 3. The zero-order chi connectivity index (χ0) is 29.2. The van der Waals surface area contributed by atoms with Crippen LogP contribution in [0, 0.1) is 0 Å². The lowest BCUT2D eigenvalue weighted by Crippen LogP contribution is -2.46. The van der Waals surface area contributed by atoms with E-state index in [9.17, 15) is 4.79 Å². The van der Waals surface area contributed by atoms with Crippen LogP contribution in [0.1, 0.15) is 10.4 Å². The van der Waals surface area contributed by atoms with Crippen molar-refractivity contribution in [1.29, 1.82) is 0 Å². The Hall–Kier alpha value is -3.72. The van der Waals surface area contributed by atoms with Crippen LogP contribution in [0.4, 0.5) is 5.69 Å². The molecule has 0 radical (unpaired) electrons. The largest absolute Gasteiger partial charge is 0.456 e. The molecule has 2 aromatic rings. The van der Waals surface area contributed by atoms with E-state index in [4.69, 9.17) is 4.42 Å². The van der Waals surface area contributed by atoms with Crippen LogP contribution >= 0.6 is 0 Å². The summed E-state index contributed by atoms with van der Waals surface area (Å²) in [4.78, 5) is 22.0. The van der Waals surface area contributed by atoms with Crippen molar-refractivity contribution in [2.75, 3.05) is 98.5 Å². The minimum absolute atomic E-state index is 0.0465. The lowest BCUT2D eigenvalue weighted by atomic mass is 9.93. The molecule has 220 valence electrons. The van der Waals surface area contributed by atoms with Crippen LogP contribution in [0.3, 0.4) is 0 Å². The maximum Gasteiger partial charge on any atom is 0.251 e. The highest BCUT2D eigenvalue weighted by Crippen LogP contribution is 2.41. The summed E-state index contributed by atoms with van der Waals surface area (Å²) in [6.07, 6.45) is 0. The van der Waals surface area contributed by atoms with Gasteiger partial charge in [0.25, 0.3) is 5.91 Å². The molecular weight excluding hydrogens is 524 g/mol. The fraction of sp³-hybridized carbons (Fsp3) is 0.412.